The van der Waals surface area contributed by atoms with E-state index in [-0.39, 0.29) is 5.89 Å². The quantitative estimate of drug-likeness (QED) is 0.460. The molecule has 23 heavy (non-hydrogen) atoms. The lowest BCUT2D eigenvalue weighted by atomic mass is 10.1. The summed E-state index contributed by atoms with van der Waals surface area (Å²) in [5.41, 5.74) is 2.32. The molecule has 0 radical (unpaired) electrons. The van der Waals surface area contributed by atoms with Crippen molar-refractivity contribution >= 4 is 41.2 Å². The Bertz CT molecular complexity index is 831. The van der Waals surface area contributed by atoms with Gasteiger partial charge in [-0.1, -0.05) is 42.5 Å². The second-order valence-electron chi connectivity index (χ2n) is 4.84. The van der Waals surface area contributed by atoms with E-state index < -0.39 is 11.2 Å². The van der Waals surface area contributed by atoms with Gasteiger partial charge >= 0.3 is 5.97 Å². The molecule has 0 bridgehead atoms. The topological polar surface area (TPSA) is 63.3 Å². The van der Waals surface area contributed by atoms with Gasteiger partial charge in [0, 0.05) is 14.7 Å². The first-order valence-corrected chi connectivity index (χ1v) is 8.38. The second kappa shape index (κ2) is 6.76. The Balaban J connectivity index is 2.16. The van der Waals surface area contributed by atoms with Crippen molar-refractivity contribution in [3.05, 3.63) is 64.1 Å². The number of hydrogen-bond acceptors (Lipinski definition) is 4. The summed E-state index contributed by atoms with van der Waals surface area (Å²) in [4.78, 5) is 15.5. The molecular weight excluding hydrogens is 425 g/mol. The average Bonchev–Trinajstić information content (AvgIpc) is 3.00. The summed E-state index contributed by atoms with van der Waals surface area (Å²) >= 11 is 6.28. The van der Waals surface area contributed by atoms with Gasteiger partial charge in [0.15, 0.2) is 11.0 Å². The zero-order chi connectivity index (χ0) is 16.4. The number of aliphatic carboxylic acids is 1. The predicted molar refractivity (Wildman–Crippen MR) is 99.5 cm³/mol. The maximum absolute atomic E-state index is 11.2. The van der Waals surface area contributed by atoms with E-state index in [0.717, 1.165) is 14.7 Å². The number of hydrogen-bond donors (Lipinski definition) is 2. The van der Waals surface area contributed by atoms with Crippen LogP contribution in [-0.4, -0.2) is 16.1 Å². The first-order chi connectivity index (χ1) is 11.1. The van der Waals surface area contributed by atoms with Crippen molar-refractivity contribution in [3.8, 4) is 22.6 Å². The smallest absolute Gasteiger partial charge is 0.325 e. The summed E-state index contributed by atoms with van der Waals surface area (Å²) < 4.78 is 6.85. The molecule has 1 unspecified atom stereocenters. The Morgan fingerprint density at radius 2 is 1.74 bits per heavy atom. The summed E-state index contributed by atoms with van der Waals surface area (Å²) in [5.74, 6) is -0.473. The minimum absolute atomic E-state index is 0.0771. The molecule has 4 nitrogen and oxygen atoms in total. The minimum atomic E-state index is -1.10. The van der Waals surface area contributed by atoms with E-state index in [1.165, 1.54) is 0 Å². The highest BCUT2D eigenvalue weighted by Gasteiger charge is 2.25. The molecule has 0 saturated carbocycles. The van der Waals surface area contributed by atoms with E-state index >= 15 is 0 Å². The molecule has 0 aliphatic rings. The summed E-state index contributed by atoms with van der Waals surface area (Å²) in [6.45, 7) is 0. The van der Waals surface area contributed by atoms with Gasteiger partial charge in [-0.3, -0.25) is 4.79 Å². The number of nitrogens with zero attached hydrogens (tertiary/aromatic N) is 1. The second-order valence-corrected chi connectivity index (χ2v) is 6.61. The van der Waals surface area contributed by atoms with Crippen LogP contribution >= 0.6 is 35.2 Å². The molecule has 6 heteroatoms. The number of benzene rings is 2. The lowest BCUT2D eigenvalue weighted by Crippen LogP contribution is -2.05. The van der Waals surface area contributed by atoms with Crippen LogP contribution in [0.1, 0.15) is 11.1 Å². The third-order valence-electron chi connectivity index (χ3n) is 3.27. The van der Waals surface area contributed by atoms with Gasteiger partial charge < -0.3 is 9.52 Å². The van der Waals surface area contributed by atoms with Crippen molar-refractivity contribution in [1.29, 1.82) is 0 Å². The van der Waals surface area contributed by atoms with E-state index in [1.54, 1.807) is 0 Å². The van der Waals surface area contributed by atoms with Gasteiger partial charge in [-0.15, -0.1) is 0 Å². The van der Waals surface area contributed by atoms with Gasteiger partial charge in [-0.2, -0.15) is 12.6 Å². The van der Waals surface area contributed by atoms with Gasteiger partial charge in [0.2, 0.25) is 5.89 Å². The molecule has 0 spiro atoms. The predicted octanol–water partition coefficient (Wildman–Crippen LogP) is 4.67. The van der Waals surface area contributed by atoms with Crippen LogP contribution in [0, 0.1) is 3.57 Å². The number of halogens is 1. The molecule has 0 saturated heterocycles. The van der Waals surface area contributed by atoms with Crippen LogP contribution in [0.2, 0.25) is 0 Å². The molecule has 1 N–H and O–H groups in total. The molecule has 3 rings (SSSR count). The van der Waals surface area contributed by atoms with Crippen molar-refractivity contribution in [2.45, 2.75) is 5.25 Å². The van der Waals surface area contributed by atoms with Crippen LogP contribution in [0.15, 0.2) is 59.0 Å². The maximum Gasteiger partial charge on any atom is 0.325 e. The molecule has 116 valence electrons. The number of oxazole rings is 1. The highest BCUT2D eigenvalue weighted by atomic mass is 127. The lowest BCUT2D eigenvalue weighted by molar-refractivity contribution is -0.136. The van der Waals surface area contributed by atoms with Crippen molar-refractivity contribution in [1.82, 2.24) is 4.98 Å². The van der Waals surface area contributed by atoms with Gasteiger partial charge in [-0.05, 0) is 34.7 Å². The zero-order valence-corrected chi connectivity index (χ0v) is 14.9. The van der Waals surface area contributed by atoms with Crippen LogP contribution < -0.4 is 0 Å². The highest BCUT2D eigenvalue weighted by molar-refractivity contribution is 14.1. The number of carboxylic acid groups (broad SMARTS) is 1. The van der Waals surface area contributed by atoms with E-state index in [0.29, 0.717) is 11.5 Å². The standard InChI is InChI=1S/C17H12INO3S/c18-12-8-6-11(7-9-12)14-13(10-4-2-1-3-5-10)19-16(22-14)15(23)17(20)21/h1-9,15,23H,(H,20,21). The van der Waals surface area contributed by atoms with Crippen molar-refractivity contribution in [2.75, 3.05) is 0 Å². The molecule has 1 heterocycles. The molecule has 3 aromatic rings. The van der Waals surface area contributed by atoms with Crippen molar-refractivity contribution in [3.63, 3.8) is 0 Å². The van der Waals surface area contributed by atoms with E-state index in [4.69, 9.17) is 9.52 Å². The summed E-state index contributed by atoms with van der Waals surface area (Å²) in [6, 6.07) is 17.3. The van der Waals surface area contributed by atoms with Crippen LogP contribution in [0.25, 0.3) is 22.6 Å². The summed E-state index contributed by atoms with van der Waals surface area (Å²) in [5, 5.41) is 8.03. The monoisotopic (exact) mass is 437 g/mol. The fourth-order valence-corrected chi connectivity index (χ4v) is 2.62. The lowest BCUT2D eigenvalue weighted by Gasteiger charge is -2.01. The first kappa shape index (κ1) is 16.1. The van der Waals surface area contributed by atoms with E-state index in [9.17, 15) is 4.79 Å². The third-order valence-corrected chi connectivity index (χ3v) is 4.43. The fraction of sp³-hybridized carbons (Fsp3) is 0.0588. The Kier molecular flexibility index (Phi) is 4.72. The highest BCUT2D eigenvalue weighted by Crippen LogP contribution is 2.35. The number of rotatable bonds is 4. The van der Waals surface area contributed by atoms with Crippen LogP contribution in [0.4, 0.5) is 0 Å². The van der Waals surface area contributed by atoms with Gasteiger partial charge in [-0.25, -0.2) is 4.98 Å². The number of thiol groups is 1. The van der Waals surface area contributed by atoms with Crippen molar-refractivity contribution in [2.24, 2.45) is 0 Å². The molecule has 0 aliphatic heterocycles. The first-order valence-electron chi connectivity index (χ1n) is 6.79. The molecule has 0 fully saturated rings. The SMILES string of the molecule is O=C(O)C(S)c1nc(-c2ccccc2)c(-c2ccc(I)cc2)o1. The maximum atomic E-state index is 11.2. The normalized spacial score (nSPS) is 12.1. The Labute approximate surface area is 152 Å². The molecular formula is C17H12INO3S. The van der Waals surface area contributed by atoms with Crippen molar-refractivity contribution < 1.29 is 14.3 Å². The molecule has 2 aromatic carbocycles. The molecule has 0 aliphatic carbocycles. The molecule has 1 atom stereocenters. The van der Waals surface area contributed by atoms with Gasteiger partial charge in [0.25, 0.3) is 0 Å². The van der Waals surface area contributed by atoms with Crippen LogP contribution in [-0.2, 0) is 4.79 Å². The van der Waals surface area contributed by atoms with E-state index in [2.05, 4.69) is 40.2 Å². The van der Waals surface area contributed by atoms with Crippen LogP contribution in [0.5, 0.6) is 0 Å². The van der Waals surface area contributed by atoms with Gasteiger partial charge in [0.05, 0.1) is 0 Å². The number of carbonyl (C=O) groups is 1. The third kappa shape index (κ3) is 3.42. The number of aromatic nitrogens is 1. The Morgan fingerprint density at radius 3 is 2.35 bits per heavy atom. The Hall–Kier alpha value is -1.80. The van der Waals surface area contributed by atoms with Gasteiger partial charge in [0.1, 0.15) is 5.69 Å². The summed E-state index contributed by atoms with van der Waals surface area (Å²) in [6.07, 6.45) is 0. The minimum Gasteiger partial charge on any atom is -0.480 e. The van der Waals surface area contributed by atoms with Crippen LogP contribution in [0.3, 0.4) is 0 Å². The molecule has 0 amide bonds. The Morgan fingerprint density at radius 1 is 1.09 bits per heavy atom. The summed E-state index contributed by atoms with van der Waals surface area (Å²) in [7, 11) is 0. The average molecular weight is 437 g/mol. The fourth-order valence-electron chi connectivity index (χ4n) is 2.15. The molecule has 1 aromatic heterocycles. The van der Waals surface area contributed by atoms with E-state index in [1.807, 2.05) is 54.6 Å². The zero-order valence-electron chi connectivity index (χ0n) is 11.8. The largest absolute Gasteiger partial charge is 0.480 e. The number of carboxylic acids is 1.